The second kappa shape index (κ2) is 6.45. The Morgan fingerprint density at radius 2 is 1.21 bits per heavy atom. The van der Waals surface area contributed by atoms with Crippen molar-refractivity contribution in [1.82, 2.24) is 0 Å². The number of primary amides is 1. The van der Waals surface area contributed by atoms with Crippen LogP contribution >= 0.6 is 0 Å². The summed E-state index contributed by atoms with van der Waals surface area (Å²) < 4.78 is 81.5. The van der Waals surface area contributed by atoms with Crippen LogP contribution in [0.15, 0.2) is 12.1 Å². The van der Waals surface area contributed by atoms with Crippen molar-refractivity contribution >= 4 is 36.3 Å². The Hall–Kier alpha value is -2.06. The van der Waals surface area contributed by atoms with Crippen molar-refractivity contribution in [2.75, 3.05) is 18.8 Å². The topological polar surface area (TPSA) is 173 Å². The molecule has 0 spiro atoms. The fourth-order valence-corrected chi connectivity index (χ4v) is 2.82. The molecule has 1 rings (SSSR count). The molecule has 136 valence electrons. The fraction of sp³-hybridized carbons (Fsp3) is 0.300. The first-order valence-electron chi connectivity index (χ1n) is 5.74. The molecule has 1 aromatic carbocycles. The fourth-order valence-electron chi connectivity index (χ4n) is 1.43. The minimum absolute atomic E-state index is 0.570. The zero-order valence-electron chi connectivity index (χ0n) is 12.5. The van der Waals surface area contributed by atoms with E-state index in [0.29, 0.717) is 18.8 Å². The lowest BCUT2D eigenvalue weighted by molar-refractivity contribution is 0.0998. The SMILES string of the molecule is CS(=O)(=O)Oc1ccc(C(N)=O)c(OS(C)(=O)=O)c1OS(C)(=O)=O. The molecule has 0 atom stereocenters. The molecule has 2 N–H and O–H groups in total. The van der Waals surface area contributed by atoms with Crippen LogP contribution in [0.25, 0.3) is 0 Å². The van der Waals surface area contributed by atoms with E-state index in [1.807, 2.05) is 0 Å². The second-order valence-corrected chi connectivity index (χ2v) is 9.22. The summed E-state index contributed by atoms with van der Waals surface area (Å²) in [6, 6.07) is 1.75. The highest BCUT2D eigenvalue weighted by Crippen LogP contribution is 2.42. The Morgan fingerprint density at radius 3 is 1.58 bits per heavy atom. The van der Waals surface area contributed by atoms with Gasteiger partial charge in [0.2, 0.25) is 11.5 Å². The molecule has 0 saturated heterocycles. The molecule has 0 bridgehead atoms. The van der Waals surface area contributed by atoms with Crippen molar-refractivity contribution in [1.29, 1.82) is 0 Å². The van der Waals surface area contributed by atoms with Crippen molar-refractivity contribution in [2.24, 2.45) is 5.73 Å². The van der Waals surface area contributed by atoms with Gasteiger partial charge in [0.1, 0.15) is 0 Å². The first-order chi connectivity index (χ1) is 10.6. The average Bonchev–Trinajstić information content (AvgIpc) is 2.27. The van der Waals surface area contributed by atoms with Crippen molar-refractivity contribution in [3.05, 3.63) is 17.7 Å². The molecule has 0 aliphatic rings. The summed E-state index contributed by atoms with van der Waals surface area (Å²) in [5, 5.41) is 0. The molecular weight excluding hydrogens is 390 g/mol. The van der Waals surface area contributed by atoms with E-state index in [4.69, 9.17) is 5.73 Å². The predicted octanol–water partition coefficient (Wildman–Crippen LogP) is -1.20. The zero-order chi connectivity index (χ0) is 18.9. The van der Waals surface area contributed by atoms with Crippen LogP contribution < -0.4 is 18.3 Å². The lowest BCUT2D eigenvalue weighted by atomic mass is 10.1. The number of carbonyl (C=O) groups is 1. The van der Waals surface area contributed by atoms with Crippen LogP contribution in [0, 0.1) is 0 Å². The van der Waals surface area contributed by atoms with Crippen LogP contribution in [0.5, 0.6) is 17.2 Å². The molecule has 0 aliphatic carbocycles. The monoisotopic (exact) mass is 403 g/mol. The van der Waals surface area contributed by atoms with E-state index in [1.54, 1.807) is 0 Å². The lowest BCUT2D eigenvalue weighted by Gasteiger charge is -2.15. The third-order valence-electron chi connectivity index (χ3n) is 2.05. The molecule has 14 heteroatoms. The summed E-state index contributed by atoms with van der Waals surface area (Å²) in [6.45, 7) is 0. The first kappa shape index (κ1) is 20.0. The van der Waals surface area contributed by atoms with Gasteiger partial charge in [-0.15, -0.1) is 0 Å². The minimum atomic E-state index is -4.28. The normalized spacial score (nSPS) is 12.5. The highest BCUT2D eigenvalue weighted by molar-refractivity contribution is 7.87. The average molecular weight is 403 g/mol. The van der Waals surface area contributed by atoms with Gasteiger partial charge in [-0.3, -0.25) is 4.79 Å². The number of benzene rings is 1. The summed E-state index contributed by atoms with van der Waals surface area (Å²) in [5.74, 6) is -3.77. The van der Waals surface area contributed by atoms with Gasteiger partial charge in [0, 0.05) is 0 Å². The van der Waals surface area contributed by atoms with E-state index in [-0.39, 0.29) is 0 Å². The molecule has 24 heavy (non-hydrogen) atoms. The molecule has 0 heterocycles. The number of hydrogen-bond donors (Lipinski definition) is 1. The molecule has 0 saturated carbocycles. The first-order valence-corrected chi connectivity index (χ1v) is 11.2. The Bertz CT molecular complexity index is 976. The Labute approximate surface area is 138 Å². The molecule has 0 unspecified atom stereocenters. The second-order valence-electron chi connectivity index (χ2n) is 4.50. The van der Waals surface area contributed by atoms with Crippen LogP contribution in [-0.4, -0.2) is 49.9 Å². The van der Waals surface area contributed by atoms with E-state index in [1.165, 1.54) is 0 Å². The maximum absolute atomic E-state index is 11.4. The maximum Gasteiger partial charge on any atom is 0.306 e. The standard InChI is InChI=1S/C10H13NO10S3/c1-22(13,14)19-7-5-4-6(10(11)12)8(20-23(2,15)16)9(7)21-24(3,17)18/h4-5H,1-3H3,(H2,11,12). The summed E-state index contributed by atoms with van der Waals surface area (Å²) in [5.41, 5.74) is 4.50. The van der Waals surface area contributed by atoms with E-state index < -0.39 is 59.1 Å². The van der Waals surface area contributed by atoms with Crippen LogP contribution in [0.2, 0.25) is 0 Å². The van der Waals surface area contributed by atoms with Crippen molar-refractivity contribution in [3.8, 4) is 17.2 Å². The van der Waals surface area contributed by atoms with Gasteiger partial charge in [-0.1, -0.05) is 0 Å². The maximum atomic E-state index is 11.4. The number of nitrogens with two attached hydrogens (primary N) is 1. The van der Waals surface area contributed by atoms with E-state index in [0.717, 1.165) is 12.1 Å². The van der Waals surface area contributed by atoms with E-state index >= 15 is 0 Å². The molecule has 11 nitrogen and oxygen atoms in total. The molecule has 0 aromatic heterocycles. The predicted molar refractivity (Wildman–Crippen MR) is 81.4 cm³/mol. The summed E-state index contributed by atoms with van der Waals surface area (Å²) in [7, 11) is -12.7. The quantitative estimate of drug-likeness (QED) is 0.545. The van der Waals surface area contributed by atoms with Gasteiger partial charge in [0.15, 0.2) is 5.75 Å². The molecular formula is C10H13NO10S3. The van der Waals surface area contributed by atoms with Crippen molar-refractivity contribution < 1.29 is 42.6 Å². The number of hydrogen-bond acceptors (Lipinski definition) is 10. The molecule has 1 amide bonds. The molecule has 0 aliphatic heterocycles. The number of rotatable bonds is 7. The van der Waals surface area contributed by atoms with E-state index in [9.17, 15) is 30.0 Å². The summed E-state index contributed by atoms with van der Waals surface area (Å²) >= 11 is 0. The lowest BCUT2D eigenvalue weighted by Crippen LogP contribution is -2.18. The van der Waals surface area contributed by atoms with Gasteiger partial charge >= 0.3 is 30.4 Å². The molecule has 1 aromatic rings. The van der Waals surface area contributed by atoms with Gasteiger partial charge in [-0.25, -0.2) is 0 Å². The van der Waals surface area contributed by atoms with Crippen molar-refractivity contribution in [2.45, 2.75) is 0 Å². The third kappa shape index (κ3) is 6.21. The molecule has 0 fully saturated rings. The Morgan fingerprint density at radius 1 is 0.792 bits per heavy atom. The zero-order valence-corrected chi connectivity index (χ0v) is 15.0. The third-order valence-corrected chi connectivity index (χ3v) is 3.47. The number of amides is 1. The van der Waals surface area contributed by atoms with E-state index in [2.05, 4.69) is 12.5 Å². The van der Waals surface area contributed by atoms with Crippen LogP contribution in [-0.2, 0) is 30.4 Å². The summed E-state index contributed by atoms with van der Waals surface area (Å²) in [4.78, 5) is 11.4. The smallest absolute Gasteiger partial charge is 0.306 e. The number of carbonyl (C=O) groups excluding carboxylic acids is 1. The van der Waals surface area contributed by atoms with Gasteiger partial charge in [-0.05, 0) is 12.1 Å². The van der Waals surface area contributed by atoms with Crippen LogP contribution in [0.4, 0.5) is 0 Å². The summed E-state index contributed by atoms with van der Waals surface area (Å²) in [6.07, 6.45) is 1.85. The van der Waals surface area contributed by atoms with Crippen molar-refractivity contribution in [3.63, 3.8) is 0 Å². The van der Waals surface area contributed by atoms with Crippen LogP contribution in [0.3, 0.4) is 0 Å². The Balaban J connectivity index is 3.81. The minimum Gasteiger partial charge on any atom is -0.378 e. The van der Waals surface area contributed by atoms with Gasteiger partial charge in [-0.2, -0.15) is 25.3 Å². The van der Waals surface area contributed by atoms with Crippen LogP contribution in [0.1, 0.15) is 10.4 Å². The largest absolute Gasteiger partial charge is 0.378 e. The highest BCUT2D eigenvalue weighted by Gasteiger charge is 2.28. The highest BCUT2D eigenvalue weighted by atomic mass is 32.2. The van der Waals surface area contributed by atoms with Gasteiger partial charge < -0.3 is 18.3 Å². The van der Waals surface area contributed by atoms with Gasteiger partial charge in [0.05, 0.1) is 24.3 Å². The van der Waals surface area contributed by atoms with Gasteiger partial charge in [0.25, 0.3) is 5.91 Å². The molecule has 0 radical (unpaired) electrons. The Kier molecular flexibility index (Phi) is 5.37.